The lowest BCUT2D eigenvalue weighted by molar-refractivity contribution is -0.139. The zero-order valence-corrected chi connectivity index (χ0v) is 62.0. The lowest BCUT2D eigenvalue weighted by Gasteiger charge is -2.30. The summed E-state index contributed by atoms with van der Waals surface area (Å²) in [5.74, 6) is -14.7. The van der Waals surface area contributed by atoms with Gasteiger partial charge in [0.1, 0.15) is 60.1 Å². The standard InChI is InChI=1S/C71H97ClN18O16S2/c72-46-16-7-3-12-41(46)33-52-67(103)83-48(18-9-30-79-71(76)77)63(99)78-31-28-57(93)81-49(23-25-56(74)92)64(100)85-53(34-42-35-80-47-17-8-6-15-45(42)47)68(104)84-50(24-26-60(96)97)65(101)87-54(62(75)98)37-107-108-38-55(69(105)89-61(70(106)86-52)40-10-1-2-11-40)88-66(102)51(32-39-19-21-44(91)22-20-39)82-58(94)36-90(59(95)27-29-73)43-13-4-5-14-43/h3,6-8,12,15-17,19-22,35,40,43,48-55,61,80,91H,1-2,4-5,9-11,13-14,18,23-34,36-38,73H2,(H2,74,92)(H2,75,98)(H,78,99)(H,81,93)(H,82,94)(H,83,103)(H,84,104)(H,85,100)(H,86,106)(H,87,101)(H,88,102)(H,89,105)(H,96,97)(H4,76,77,79)/t48-,49-,50-,51-,52?,53-,54-,55-,61-/m0/s1. The van der Waals surface area contributed by atoms with Gasteiger partial charge in [0, 0.05) is 104 Å². The second kappa shape index (κ2) is 43.0. The SMILES string of the molecule is NCCC(=O)N(CC(=O)N[C@@H](Cc1ccc(O)cc1)C(=O)N[C@H]1CSSC[C@@H](C(N)=O)NC(=O)[C@H](CCC(=O)O)NC(=O)[C@H](Cc2c[nH]c3ccccc23)NC(=O)[C@H](CCC(N)=O)NC(=O)CCNC(=O)[C@H](CCCN=C(N)N)NC(=O)C(Cc2ccccc2Cl)NC(=O)[C@H](C2CCCC2)NC1=O)C1CCCC1. The molecule has 2 saturated carbocycles. The quantitative estimate of drug-likeness (QED) is 0.0152. The normalized spacial score (nSPS) is 22.1. The molecule has 3 aliphatic rings. The Hall–Kier alpha value is -10.2. The maximum absolute atomic E-state index is 15.3. The molecule has 0 radical (unpaired) electrons. The average Bonchev–Trinajstić information content (AvgIpc) is 1.62. The molecule has 1 saturated heterocycles. The summed E-state index contributed by atoms with van der Waals surface area (Å²) in [7, 11) is 1.75. The Morgan fingerprint density at radius 2 is 1.23 bits per heavy atom. The summed E-state index contributed by atoms with van der Waals surface area (Å²) in [6.07, 6.45) is 2.95. The van der Waals surface area contributed by atoms with E-state index in [0.29, 0.717) is 66.1 Å². The van der Waals surface area contributed by atoms with Crippen molar-refractivity contribution in [1.82, 2.24) is 63.1 Å². The van der Waals surface area contributed by atoms with Crippen LogP contribution in [0.2, 0.25) is 5.02 Å². The van der Waals surface area contributed by atoms with E-state index in [-0.39, 0.29) is 91.8 Å². The van der Waals surface area contributed by atoms with E-state index in [9.17, 15) is 63.0 Å². The molecular formula is C71H97ClN18O16S2. The number of aliphatic imine (C=N–C) groups is 1. The van der Waals surface area contributed by atoms with E-state index in [1.165, 1.54) is 29.2 Å². The molecule has 586 valence electrons. The number of para-hydroxylation sites is 1. The molecule has 13 amide bonds. The van der Waals surface area contributed by atoms with Gasteiger partial charge in [0.15, 0.2) is 5.96 Å². The number of halogens is 1. The van der Waals surface area contributed by atoms with Gasteiger partial charge in [-0.05, 0) is 98.2 Å². The Morgan fingerprint density at radius 3 is 1.89 bits per heavy atom. The Bertz CT molecular complexity index is 3870. The third kappa shape index (κ3) is 27.2. The number of nitrogens with zero attached hydrogens (tertiary/aromatic N) is 2. The van der Waals surface area contributed by atoms with Crippen LogP contribution in [0.15, 0.2) is 84.0 Å². The predicted molar refractivity (Wildman–Crippen MR) is 403 cm³/mol. The highest BCUT2D eigenvalue weighted by atomic mass is 35.5. The predicted octanol–water partition coefficient (Wildman–Crippen LogP) is -1.20. The molecule has 4 aromatic rings. The van der Waals surface area contributed by atoms with Gasteiger partial charge in [0.25, 0.3) is 0 Å². The molecule has 108 heavy (non-hydrogen) atoms. The molecule has 1 unspecified atom stereocenters. The lowest BCUT2D eigenvalue weighted by atomic mass is 9.95. The number of hydrogen-bond donors (Lipinski definition) is 18. The van der Waals surface area contributed by atoms with Gasteiger partial charge in [-0.15, -0.1) is 0 Å². The number of hydrogen-bond acceptors (Lipinski definition) is 19. The summed E-state index contributed by atoms with van der Waals surface area (Å²) in [5.41, 5.74) is 30.4. The number of benzene rings is 3. The van der Waals surface area contributed by atoms with Gasteiger partial charge < -0.3 is 102 Å². The Balaban J connectivity index is 1.28. The van der Waals surface area contributed by atoms with Crippen LogP contribution in [-0.4, -0.2) is 207 Å². The first-order chi connectivity index (χ1) is 51.7. The molecule has 1 aliphatic heterocycles. The summed E-state index contributed by atoms with van der Waals surface area (Å²) in [6, 6.07) is 4.83. The zero-order chi connectivity index (χ0) is 78.4. The van der Waals surface area contributed by atoms with Crippen molar-refractivity contribution < 1.29 is 77.3 Å². The lowest BCUT2D eigenvalue weighted by Crippen LogP contribution is -2.61. The van der Waals surface area contributed by atoms with Crippen molar-refractivity contribution in [2.75, 3.05) is 37.7 Å². The maximum Gasteiger partial charge on any atom is 0.303 e. The van der Waals surface area contributed by atoms with Crippen LogP contribution in [0, 0.1) is 5.92 Å². The minimum absolute atomic E-state index is 0.0101. The van der Waals surface area contributed by atoms with Crippen LogP contribution in [-0.2, 0) is 86.4 Å². The van der Waals surface area contributed by atoms with Crippen LogP contribution >= 0.6 is 33.2 Å². The van der Waals surface area contributed by atoms with Gasteiger partial charge in [-0.2, -0.15) is 0 Å². The third-order valence-electron chi connectivity index (χ3n) is 18.7. The van der Waals surface area contributed by atoms with Gasteiger partial charge in [-0.25, -0.2) is 0 Å². The number of phenols is 1. The number of aromatic amines is 1. The van der Waals surface area contributed by atoms with Crippen molar-refractivity contribution in [2.45, 2.75) is 182 Å². The molecule has 23 N–H and O–H groups in total. The minimum atomic E-state index is -1.74. The number of carboxylic acids is 1. The summed E-state index contributed by atoms with van der Waals surface area (Å²) >= 11 is 6.70. The Labute approximate surface area is 636 Å². The van der Waals surface area contributed by atoms with Crippen LogP contribution in [0.3, 0.4) is 0 Å². The molecule has 2 heterocycles. The molecule has 0 bridgehead atoms. The van der Waals surface area contributed by atoms with Crippen LogP contribution in [0.4, 0.5) is 0 Å². The summed E-state index contributed by atoms with van der Waals surface area (Å²) in [5, 5.41) is 47.5. The van der Waals surface area contributed by atoms with E-state index >= 15 is 14.4 Å². The summed E-state index contributed by atoms with van der Waals surface area (Å²) in [4.78, 5) is 207. The minimum Gasteiger partial charge on any atom is -0.508 e. The van der Waals surface area contributed by atoms with E-state index in [2.05, 4.69) is 63.1 Å². The van der Waals surface area contributed by atoms with Crippen molar-refractivity contribution in [3.05, 3.63) is 101 Å². The first-order valence-corrected chi connectivity index (χ1v) is 38.7. The number of carbonyl (C=O) groups is 14. The van der Waals surface area contributed by atoms with E-state index in [4.69, 9.17) is 40.3 Å². The van der Waals surface area contributed by atoms with Crippen molar-refractivity contribution >= 4 is 133 Å². The molecular weight excluding hydrogens is 1460 g/mol. The number of aromatic hydroxyl groups is 1. The molecule has 7 rings (SSSR count). The van der Waals surface area contributed by atoms with E-state index < -0.39 is 182 Å². The fourth-order valence-electron chi connectivity index (χ4n) is 12.9. The number of phenolic OH excluding ortho intramolecular Hbond substituents is 1. The molecule has 37 heteroatoms. The highest BCUT2D eigenvalue weighted by molar-refractivity contribution is 8.76. The van der Waals surface area contributed by atoms with Gasteiger partial charge in [-0.1, -0.05) is 107 Å². The second-order valence-electron chi connectivity index (χ2n) is 26.8. The third-order valence-corrected chi connectivity index (χ3v) is 21.5. The fraction of sp³-hybridized carbons (Fsp3) is 0.507. The first-order valence-electron chi connectivity index (χ1n) is 35.8. The molecule has 3 fully saturated rings. The molecule has 0 spiro atoms. The number of carbonyl (C=O) groups excluding carboxylic acids is 13. The highest BCUT2D eigenvalue weighted by Crippen LogP contribution is 2.30. The number of H-pyrrole nitrogens is 1. The number of guanidine groups is 1. The molecule has 9 atom stereocenters. The van der Waals surface area contributed by atoms with Crippen LogP contribution in [0.1, 0.15) is 119 Å². The topological polar surface area (TPSA) is 561 Å². The number of aliphatic carboxylic acids is 1. The van der Waals surface area contributed by atoms with Gasteiger partial charge in [-0.3, -0.25) is 72.1 Å². The first kappa shape index (κ1) is 85.1. The van der Waals surface area contributed by atoms with Crippen molar-refractivity contribution in [1.29, 1.82) is 0 Å². The number of nitrogens with two attached hydrogens (primary N) is 5. The Kier molecular flexibility index (Phi) is 33.8. The molecule has 34 nitrogen and oxygen atoms in total. The van der Waals surface area contributed by atoms with Crippen LogP contribution < -0.4 is 81.8 Å². The second-order valence-corrected chi connectivity index (χ2v) is 29.7. The van der Waals surface area contributed by atoms with E-state index in [1.54, 1.807) is 54.7 Å². The zero-order valence-electron chi connectivity index (χ0n) is 59.6. The largest absolute Gasteiger partial charge is 0.508 e. The van der Waals surface area contributed by atoms with Gasteiger partial charge in [0.05, 0.1) is 6.54 Å². The number of carboxylic acid groups (broad SMARTS) is 1. The number of primary amides is 2. The number of rotatable bonds is 26. The molecule has 1 aromatic heterocycles. The Morgan fingerprint density at radius 1 is 0.639 bits per heavy atom. The number of aromatic nitrogens is 1. The number of nitrogens with one attached hydrogen (secondary N) is 11. The highest BCUT2D eigenvalue weighted by Gasteiger charge is 2.40. The monoisotopic (exact) mass is 1560 g/mol. The molecule has 2 aliphatic carbocycles. The smallest absolute Gasteiger partial charge is 0.303 e. The van der Waals surface area contributed by atoms with Crippen molar-refractivity contribution in [3.8, 4) is 5.75 Å². The van der Waals surface area contributed by atoms with Crippen LogP contribution in [0.25, 0.3) is 10.9 Å². The summed E-state index contributed by atoms with van der Waals surface area (Å²) in [6.45, 7) is -0.872. The van der Waals surface area contributed by atoms with E-state index in [1.807, 2.05) is 0 Å². The average molecular weight is 1560 g/mol. The summed E-state index contributed by atoms with van der Waals surface area (Å²) < 4.78 is 0. The molecule has 3 aromatic carbocycles. The van der Waals surface area contributed by atoms with Gasteiger partial charge >= 0.3 is 5.97 Å². The van der Waals surface area contributed by atoms with Crippen molar-refractivity contribution in [2.24, 2.45) is 39.6 Å². The maximum atomic E-state index is 15.3. The fourth-order valence-corrected chi connectivity index (χ4v) is 15.5. The van der Waals surface area contributed by atoms with Crippen LogP contribution in [0.5, 0.6) is 5.75 Å². The number of amides is 13. The van der Waals surface area contributed by atoms with E-state index in [0.717, 1.165) is 34.4 Å². The number of fused-ring (bicyclic) bond motifs is 1. The van der Waals surface area contributed by atoms with Crippen molar-refractivity contribution in [3.63, 3.8) is 0 Å². The van der Waals surface area contributed by atoms with Gasteiger partial charge in [0.2, 0.25) is 76.8 Å².